The lowest BCUT2D eigenvalue weighted by molar-refractivity contribution is -0.109. The van der Waals surface area contributed by atoms with Gasteiger partial charge in [-0.2, -0.15) is 0 Å². The average Bonchev–Trinajstić information content (AvgIpc) is 2.46. The van der Waals surface area contributed by atoms with Crippen LogP contribution in [0.3, 0.4) is 0 Å². The predicted molar refractivity (Wildman–Crippen MR) is 51.3 cm³/mol. The highest BCUT2D eigenvalue weighted by molar-refractivity contribution is 9.10. The molecule has 0 radical (unpaired) electrons. The van der Waals surface area contributed by atoms with Gasteiger partial charge >= 0.3 is 0 Å². The highest BCUT2D eigenvalue weighted by Crippen LogP contribution is 2.32. The smallest absolute Gasteiger partial charge is 0.127 e. The SMILES string of the molecule is O=CC1CCc2cc(Br)ccc21. The molecule has 0 amide bonds. The minimum atomic E-state index is 0.146. The molecular formula is C10H9BrO. The third-order valence-corrected chi connectivity index (χ3v) is 2.89. The summed E-state index contributed by atoms with van der Waals surface area (Å²) in [5, 5.41) is 0. The van der Waals surface area contributed by atoms with Crippen molar-refractivity contribution in [2.75, 3.05) is 0 Å². The number of aryl methyl sites for hydroxylation is 1. The number of rotatable bonds is 1. The van der Waals surface area contributed by atoms with Crippen LogP contribution in [0.2, 0.25) is 0 Å². The van der Waals surface area contributed by atoms with E-state index in [1.807, 2.05) is 12.1 Å². The molecule has 0 spiro atoms. The Balaban J connectivity index is 2.47. The molecule has 0 heterocycles. The van der Waals surface area contributed by atoms with Crippen molar-refractivity contribution >= 4 is 22.2 Å². The minimum absolute atomic E-state index is 0.146. The summed E-state index contributed by atoms with van der Waals surface area (Å²) in [6.07, 6.45) is 3.08. The topological polar surface area (TPSA) is 17.1 Å². The van der Waals surface area contributed by atoms with Gasteiger partial charge in [0.15, 0.2) is 0 Å². The molecule has 62 valence electrons. The molecule has 0 fully saturated rings. The van der Waals surface area contributed by atoms with Gasteiger partial charge in [-0.1, -0.05) is 22.0 Å². The van der Waals surface area contributed by atoms with E-state index in [4.69, 9.17) is 0 Å². The molecule has 0 saturated carbocycles. The molecule has 1 aromatic carbocycles. The molecule has 2 heteroatoms. The quantitative estimate of drug-likeness (QED) is 0.671. The Labute approximate surface area is 79.9 Å². The number of fused-ring (bicyclic) bond motifs is 1. The van der Waals surface area contributed by atoms with Crippen LogP contribution in [0.1, 0.15) is 23.5 Å². The Morgan fingerprint density at radius 1 is 1.50 bits per heavy atom. The van der Waals surface area contributed by atoms with Crippen LogP contribution in [0.15, 0.2) is 22.7 Å². The van der Waals surface area contributed by atoms with Crippen molar-refractivity contribution in [3.8, 4) is 0 Å². The van der Waals surface area contributed by atoms with Crippen LogP contribution < -0.4 is 0 Å². The predicted octanol–water partition coefficient (Wildman–Crippen LogP) is 2.68. The summed E-state index contributed by atoms with van der Waals surface area (Å²) < 4.78 is 1.10. The number of aldehydes is 1. The zero-order valence-electron chi connectivity index (χ0n) is 6.59. The minimum Gasteiger partial charge on any atom is -0.303 e. The molecule has 1 atom stereocenters. The van der Waals surface area contributed by atoms with Crippen molar-refractivity contribution < 1.29 is 4.79 Å². The maximum atomic E-state index is 10.6. The highest BCUT2D eigenvalue weighted by atomic mass is 79.9. The van der Waals surface area contributed by atoms with Gasteiger partial charge in [0, 0.05) is 10.4 Å². The number of halogens is 1. The van der Waals surface area contributed by atoms with E-state index in [1.54, 1.807) is 0 Å². The average molecular weight is 225 g/mol. The van der Waals surface area contributed by atoms with E-state index in [0.717, 1.165) is 23.6 Å². The standard InChI is InChI=1S/C10H9BrO/c11-9-3-4-10-7(5-9)1-2-8(10)6-12/h3-6,8H,1-2H2. The van der Waals surface area contributed by atoms with E-state index in [1.165, 1.54) is 11.1 Å². The second-order valence-corrected chi connectivity index (χ2v) is 4.04. The largest absolute Gasteiger partial charge is 0.303 e. The van der Waals surface area contributed by atoms with E-state index in [2.05, 4.69) is 22.0 Å². The molecule has 1 nitrogen and oxygen atoms in total. The Kier molecular flexibility index (Phi) is 2.01. The molecule has 1 aromatic rings. The second kappa shape index (κ2) is 3.02. The maximum Gasteiger partial charge on any atom is 0.127 e. The van der Waals surface area contributed by atoms with Crippen molar-refractivity contribution in [3.63, 3.8) is 0 Å². The molecule has 12 heavy (non-hydrogen) atoms. The zero-order valence-corrected chi connectivity index (χ0v) is 8.17. The summed E-state index contributed by atoms with van der Waals surface area (Å²) in [5.41, 5.74) is 2.54. The molecule has 0 aliphatic heterocycles. The second-order valence-electron chi connectivity index (χ2n) is 3.12. The van der Waals surface area contributed by atoms with Crippen LogP contribution in [-0.4, -0.2) is 6.29 Å². The normalized spacial score (nSPS) is 20.6. The third kappa shape index (κ3) is 1.20. The fourth-order valence-electron chi connectivity index (χ4n) is 1.76. The molecule has 0 bridgehead atoms. The van der Waals surface area contributed by atoms with Crippen molar-refractivity contribution in [2.45, 2.75) is 18.8 Å². The lowest BCUT2D eigenvalue weighted by Crippen LogP contribution is -1.92. The molecule has 1 aliphatic rings. The third-order valence-electron chi connectivity index (χ3n) is 2.39. The van der Waals surface area contributed by atoms with Crippen molar-refractivity contribution in [1.29, 1.82) is 0 Å². The fourth-order valence-corrected chi connectivity index (χ4v) is 2.17. The monoisotopic (exact) mass is 224 g/mol. The number of carbonyl (C=O) groups is 1. The van der Waals surface area contributed by atoms with Gasteiger partial charge < -0.3 is 4.79 Å². The van der Waals surface area contributed by atoms with Crippen LogP contribution in [0.4, 0.5) is 0 Å². The summed E-state index contributed by atoms with van der Waals surface area (Å²) in [6.45, 7) is 0. The Morgan fingerprint density at radius 3 is 3.08 bits per heavy atom. The van der Waals surface area contributed by atoms with E-state index >= 15 is 0 Å². The molecule has 1 unspecified atom stereocenters. The summed E-state index contributed by atoms with van der Waals surface area (Å²) >= 11 is 3.42. The molecule has 0 saturated heterocycles. The van der Waals surface area contributed by atoms with Gasteiger partial charge in [0.1, 0.15) is 6.29 Å². The number of benzene rings is 1. The first-order valence-corrected chi connectivity index (χ1v) is 4.84. The van der Waals surface area contributed by atoms with E-state index in [-0.39, 0.29) is 5.92 Å². The lowest BCUT2D eigenvalue weighted by atomic mass is 10.0. The van der Waals surface area contributed by atoms with Crippen LogP contribution in [0, 0.1) is 0 Å². The van der Waals surface area contributed by atoms with Crippen LogP contribution >= 0.6 is 15.9 Å². The Hall–Kier alpha value is -0.630. The van der Waals surface area contributed by atoms with Crippen LogP contribution in [0.25, 0.3) is 0 Å². The Morgan fingerprint density at radius 2 is 2.33 bits per heavy atom. The van der Waals surface area contributed by atoms with Gasteiger partial charge in [-0.25, -0.2) is 0 Å². The highest BCUT2D eigenvalue weighted by Gasteiger charge is 2.21. The maximum absolute atomic E-state index is 10.6. The summed E-state index contributed by atoms with van der Waals surface area (Å²) in [6, 6.07) is 6.16. The molecule has 0 N–H and O–H groups in total. The molecular weight excluding hydrogens is 216 g/mol. The van der Waals surface area contributed by atoms with Crippen LogP contribution in [-0.2, 0) is 11.2 Å². The fraction of sp³-hybridized carbons (Fsp3) is 0.300. The van der Waals surface area contributed by atoms with Gasteiger partial charge in [-0.15, -0.1) is 0 Å². The lowest BCUT2D eigenvalue weighted by Gasteiger charge is -2.02. The number of hydrogen-bond acceptors (Lipinski definition) is 1. The van der Waals surface area contributed by atoms with Gasteiger partial charge in [0.25, 0.3) is 0 Å². The Bertz CT molecular complexity index is 320. The van der Waals surface area contributed by atoms with E-state index in [9.17, 15) is 4.79 Å². The van der Waals surface area contributed by atoms with Crippen molar-refractivity contribution in [2.24, 2.45) is 0 Å². The first kappa shape index (κ1) is 7.99. The van der Waals surface area contributed by atoms with Gasteiger partial charge in [-0.3, -0.25) is 0 Å². The summed E-state index contributed by atoms with van der Waals surface area (Å²) in [7, 11) is 0. The van der Waals surface area contributed by atoms with Crippen LogP contribution in [0.5, 0.6) is 0 Å². The van der Waals surface area contributed by atoms with Gasteiger partial charge in [0.05, 0.1) is 0 Å². The molecule has 2 rings (SSSR count). The summed E-state index contributed by atoms with van der Waals surface area (Å²) in [5.74, 6) is 0.146. The zero-order chi connectivity index (χ0) is 8.55. The molecule has 0 aromatic heterocycles. The molecule has 1 aliphatic carbocycles. The number of carbonyl (C=O) groups excluding carboxylic acids is 1. The first-order valence-electron chi connectivity index (χ1n) is 4.05. The van der Waals surface area contributed by atoms with Gasteiger partial charge in [-0.05, 0) is 36.1 Å². The van der Waals surface area contributed by atoms with Gasteiger partial charge in [0.2, 0.25) is 0 Å². The van der Waals surface area contributed by atoms with E-state index in [0.29, 0.717) is 0 Å². The van der Waals surface area contributed by atoms with Crippen molar-refractivity contribution in [1.82, 2.24) is 0 Å². The summed E-state index contributed by atoms with van der Waals surface area (Å²) in [4.78, 5) is 10.6. The van der Waals surface area contributed by atoms with Crippen molar-refractivity contribution in [3.05, 3.63) is 33.8 Å². The first-order chi connectivity index (χ1) is 5.81. The van der Waals surface area contributed by atoms with E-state index < -0.39 is 0 Å². The number of hydrogen-bond donors (Lipinski definition) is 0.